The van der Waals surface area contributed by atoms with E-state index in [9.17, 15) is 28.8 Å². The minimum absolute atomic E-state index is 0.0496. The lowest BCUT2D eigenvalue weighted by Gasteiger charge is -2.39. The highest BCUT2D eigenvalue weighted by atomic mass is 16.2. The summed E-state index contributed by atoms with van der Waals surface area (Å²) in [5, 5.41) is 11.3. The number of carbonyl (C=O) groups excluding carboxylic acids is 6. The molecule has 0 aromatic heterocycles. The zero-order valence-electron chi connectivity index (χ0n) is 30.9. The number of rotatable bonds is 15. The van der Waals surface area contributed by atoms with Gasteiger partial charge in [0.2, 0.25) is 23.5 Å². The summed E-state index contributed by atoms with van der Waals surface area (Å²) in [6.07, 6.45) is 6.02. The maximum Gasteiger partial charge on any atom is 0.315 e. The largest absolute Gasteiger partial charge is 0.346 e. The topological polar surface area (TPSA) is 157 Å². The highest BCUT2D eigenvalue weighted by Gasteiger charge is 2.48. The molecule has 0 bridgehead atoms. The summed E-state index contributed by atoms with van der Waals surface area (Å²) < 4.78 is 0. The number of amides is 6. The van der Waals surface area contributed by atoms with E-state index in [4.69, 9.17) is 0 Å². The Morgan fingerprint density at radius 1 is 0.958 bits per heavy atom. The molecule has 4 N–H and O–H groups in total. The van der Waals surface area contributed by atoms with Gasteiger partial charge < -0.3 is 31.1 Å². The average Bonchev–Trinajstić information content (AvgIpc) is 3.45. The fourth-order valence-electron chi connectivity index (χ4n) is 6.40. The number of unbranched alkanes of at least 4 members (excludes halogenated alkanes) is 1. The van der Waals surface area contributed by atoms with Gasteiger partial charge in [-0.05, 0) is 48.3 Å². The van der Waals surface area contributed by atoms with Crippen LogP contribution in [0.1, 0.15) is 107 Å². The van der Waals surface area contributed by atoms with Crippen molar-refractivity contribution in [1.29, 1.82) is 0 Å². The minimum atomic E-state index is -1.03. The molecule has 1 unspecified atom stereocenters. The normalized spacial score (nSPS) is 20.5. The molecule has 6 amide bonds. The van der Waals surface area contributed by atoms with Crippen LogP contribution in [0.15, 0.2) is 12.7 Å². The molecule has 272 valence electrons. The lowest BCUT2D eigenvalue weighted by atomic mass is 9.84. The number of urea groups is 1. The first-order chi connectivity index (χ1) is 22.3. The monoisotopic (exact) mass is 674 g/mol. The van der Waals surface area contributed by atoms with Crippen molar-refractivity contribution in [2.45, 2.75) is 131 Å². The molecule has 2 saturated heterocycles. The second kappa shape index (κ2) is 17.8. The summed E-state index contributed by atoms with van der Waals surface area (Å²) in [7, 11) is 0. The Balaban J connectivity index is 2.32. The van der Waals surface area contributed by atoms with Crippen LogP contribution in [0, 0.1) is 22.7 Å². The van der Waals surface area contributed by atoms with Crippen molar-refractivity contribution < 1.29 is 28.8 Å². The van der Waals surface area contributed by atoms with Crippen LogP contribution in [0.2, 0.25) is 0 Å². The number of hydrogen-bond acceptors (Lipinski definition) is 6. The van der Waals surface area contributed by atoms with Crippen LogP contribution in [0.5, 0.6) is 0 Å². The van der Waals surface area contributed by atoms with Crippen LogP contribution < -0.4 is 21.3 Å². The molecule has 12 nitrogen and oxygen atoms in total. The summed E-state index contributed by atoms with van der Waals surface area (Å²) in [6.45, 7) is 22.5. The van der Waals surface area contributed by atoms with Crippen LogP contribution in [-0.2, 0) is 24.0 Å². The van der Waals surface area contributed by atoms with E-state index < -0.39 is 47.2 Å². The molecular formula is C36H62N6O6. The van der Waals surface area contributed by atoms with Gasteiger partial charge in [0.1, 0.15) is 12.1 Å². The molecule has 2 fully saturated rings. The fraction of sp³-hybridized carbons (Fsp3) is 0.778. The van der Waals surface area contributed by atoms with Gasteiger partial charge in [0.05, 0.1) is 12.1 Å². The molecule has 5 atom stereocenters. The third-order valence-corrected chi connectivity index (χ3v) is 9.53. The van der Waals surface area contributed by atoms with Crippen molar-refractivity contribution in [1.82, 2.24) is 31.1 Å². The van der Waals surface area contributed by atoms with Gasteiger partial charge in [-0.3, -0.25) is 24.0 Å². The number of carbonyl (C=O) groups is 6. The van der Waals surface area contributed by atoms with Crippen molar-refractivity contribution in [3.8, 4) is 0 Å². The Labute approximate surface area is 287 Å². The highest BCUT2D eigenvalue weighted by Crippen LogP contribution is 2.33. The van der Waals surface area contributed by atoms with Crippen molar-refractivity contribution >= 4 is 35.4 Å². The molecule has 2 rings (SSSR count). The van der Waals surface area contributed by atoms with Gasteiger partial charge in [-0.2, -0.15) is 0 Å². The number of nitrogens with zero attached hydrogens (tertiary/aromatic N) is 2. The smallest absolute Gasteiger partial charge is 0.315 e. The fourth-order valence-corrected chi connectivity index (χ4v) is 6.40. The summed E-state index contributed by atoms with van der Waals surface area (Å²) in [5.41, 5.74) is -1.08. The predicted molar refractivity (Wildman–Crippen MR) is 187 cm³/mol. The molecule has 0 aromatic rings. The van der Waals surface area contributed by atoms with E-state index in [0.29, 0.717) is 45.3 Å². The first kappa shape index (κ1) is 40.7. The molecule has 12 heteroatoms. The third-order valence-electron chi connectivity index (χ3n) is 9.53. The molecular weight excluding hydrogens is 612 g/mol. The number of piperidine rings is 1. The number of ketones is 1. The third kappa shape index (κ3) is 11.3. The molecule has 0 aliphatic carbocycles. The standard InChI is InChI=1S/C36H62N6O6/c1-11-13-16-25(29(44)32(46)37-19-12-2)38-31(45)28-24(23(3)4)18-21-42(28)33(47)30(36(8,9)10)40-34(48)39-26(35(5,6)7)22-41-20-15-14-17-27(41)43/h12,23-26,28,30H,2,11,13-22H2,1,3-10H3,(H,37,46)(H,38,45)(H2,39,40,48)/t24-,25?,26-,28+,30-/m1/s1. The van der Waals surface area contributed by atoms with Crippen LogP contribution >= 0.6 is 0 Å². The Kier molecular flexibility index (Phi) is 15.1. The molecule has 0 saturated carbocycles. The lowest BCUT2D eigenvalue weighted by molar-refractivity contribution is -0.144. The van der Waals surface area contributed by atoms with E-state index in [2.05, 4.69) is 27.8 Å². The number of Topliss-reactive ketones (excluding diaryl/α,β-unsaturated/α-hetero) is 1. The Hall–Kier alpha value is -3.44. The van der Waals surface area contributed by atoms with Crippen molar-refractivity contribution in [3.63, 3.8) is 0 Å². The van der Waals surface area contributed by atoms with Crippen LogP contribution in [-0.4, -0.2) is 95.6 Å². The van der Waals surface area contributed by atoms with Crippen molar-refractivity contribution in [2.24, 2.45) is 22.7 Å². The summed E-state index contributed by atoms with van der Waals surface area (Å²) in [5.74, 6) is -2.46. The van der Waals surface area contributed by atoms with E-state index in [1.807, 2.05) is 62.3 Å². The highest BCUT2D eigenvalue weighted by molar-refractivity contribution is 6.38. The number of hydrogen-bond donors (Lipinski definition) is 4. The molecule has 0 radical (unpaired) electrons. The van der Waals surface area contributed by atoms with Gasteiger partial charge >= 0.3 is 6.03 Å². The van der Waals surface area contributed by atoms with Crippen LogP contribution in [0.4, 0.5) is 4.79 Å². The maximum atomic E-state index is 14.4. The second-order valence-electron chi connectivity index (χ2n) is 15.9. The van der Waals surface area contributed by atoms with Gasteiger partial charge in [-0.1, -0.05) is 81.2 Å². The van der Waals surface area contributed by atoms with Crippen molar-refractivity contribution in [2.75, 3.05) is 26.2 Å². The summed E-state index contributed by atoms with van der Waals surface area (Å²) in [4.78, 5) is 83.5. The quantitative estimate of drug-likeness (QED) is 0.154. The van der Waals surface area contributed by atoms with Gasteiger partial charge in [0.25, 0.3) is 5.91 Å². The minimum Gasteiger partial charge on any atom is -0.346 e. The zero-order chi connectivity index (χ0) is 36.4. The Morgan fingerprint density at radius 2 is 1.62 bits per heavy atom. The van der Waals surface area contributed by atoms with Gasteiger partial charge in [0, 0.05) is 32.6 Å². The Morgan fingerprint density at radius 3 is 2.17 bits per heavy atom. The van der Waals surface area contributed by atoms with E-state index >= 15 is 0 Å². The van der Waals surface area contributed by atoms with Crippen LogP contribution in [0.25, 0.3) is 0 Å². The first-order valence-corrected chi connectivity index (χ1v) is 17.7. The molecule has 0 spiro atoms. The van der Waals surface area contributed by atoms with Crippen molar-refractivity contribution in [3.05, 3.63) is 12.7 Å². The molecule has 0 aromatic carbocycles. The first-order valence-electron chi connectivity index (χ1n) is 17.7. The second-order valence-corrected chi connectivity index (χ2v) is 15.9. The maximum absolute atomic E-state index is 14.4. The SMILES string of the molecule is C=CCNC(=O)C(=O)C(CCCC)NC(=O)[C@@H]1[C@@H](C(C)C)CCN1C(=O)[C@@H](NC(=O)N[C@H](CN1CCCCC1=O)C(C)(C)C)C(C)(C)C. The molecule has 48 heavy (non-hydrogen) atoms. The van der Waals surface area contributed by atoms with Gasteiger partial charge in [-0.15, -0.1) is 6.58 Å². The van der Waals surface area contributed by atoms with E-state index in [-0.39, 0.29) is 41.7 Å². The average molecular weight is 675 g/mol. The lowest BCUT2D eigenvalue weighted by Crippen LogP contribution is -2.62. The van der Waals surface area contributed by atoms with Gasteiger partial charge in [0.15, 0.2) is 0 Å². The molecule has 2 heterocycles. The zero-order valence-corrected chi connectivity index (χ0v) is 30.9. The van der Waals surface area contributed by atoms with E-state index in [0.717, 1.165) is 19.3 Å². The summed E-state index contributed by atoms with van der Waals surface area (Å²) in [6, 6.07) is -3.78. The number of nitrogens with one attached hydrogen (secondary N) is 4. The molecule has 2 aliphatic heterocycles. The summed E-state index contributed by atoms with van der Waals surface area (Å²) >= 11 is 0. The number of likely N-dealkylation sites (tertiary alicyclic amines) is 2. The van der Waals surface area contributed by atoms with E-state index in [1.54, 1.807) is 4.90 Å². The molecule has 2 aliphatic rings. The van der Waals surface area contributed by atoms with Gasteiger partial charge in [-0.25, -0.2) is 4.79 Å². The predicted octanol–water partition coefficient (Wildman–Crippen LogP) is 3.55. The van der Waals surface area contributed by atoms with Crippen LogP contribution in [0.3, 0.4) is 0 Å². The van der Waals surface area contributed by atoms with E-state index in [1.165, 1.54) is 11.0 Å². The Bertz CT molecular complexity index is 1170.